The van der Waals surface area contributed by atoms with Crippen molar-refractivity contribution in [2.24, 2.45) is 0 Å². The number of halogens is 1. The van der Waals surface area contributed by atoms with Crippen LogP contribution in [0.1, 0.15) is 50.8 Å². The normalized spacial score (nSPS) is 15.8. The number of pyridine rings is 1. The van der Waals surface area contributed by atoms with Gasteiger partial charge in [0.2, 0.25) is 0 Å². The van der Waals surface area contributed by atoms with Crippen molar-refractivity contribution in [1.29, 1.82) is 0 Å². The van der Waals surface area contributed by atoms with Gasteiger partial charge in [-0.15, -0.1) is 0 Å². The van der Waals surface area contributed by atoms with E-state index >= 15 is 0 Å². The number of urea groups is 1. The molecule has 2 heterocycles. The first-order valence-corrected chi connectivity index (χ1v) is 9.49. The van der Waals surface area contributed by atoms with Gasteiger partial charge in [-0.1, -0.05) is 44.5 Å². The molecule has 2 amide bonds. The average Bonchev–Trinajstić information content (AvgIpc) is 2.62. The molecule has 1 aromatic carbocycles. The minimum atomic E-state index is -0.0425. The molecule has 0 spiro atoms. The van der Waals surface area contributed by atoms with E-state index in [2.05, 4.69) is 43.2 Å². The molecule has 1 aliphatic heterocycles. The SMILES string of the molecule is CC(C)(C)c1ccc(NC(=O)N2CCC(c3ncccc3Cl)CC2)cc1. The van der Waals surface area contributed by atoms with E-state index in [-0.39, 0.29) is 11.4 Å². The van der Waals surface area contributed by atoms with Gasteiger partial charge in [0.1, 0.15) is 0 Å². The molecule has 0 radical (unpaired) electrons. The summed E-state index contributed by atoms with van der Waals surface area (Å²) in [6.45, 7) is 7.96. The van der Waals surface area contributed by atoms with E-state index in [9.17, 15) is 4.79 Å². The molecule has 0 aliphatic carbocycles. The van der Waals surface area contributed by atoms with E-state index in [1.165, 1.54) is 5.56 Å². The molecule has 26 heavy (non-hydrogen) atoms. The summed E-state index contributed by atoms with van der Waals surface area (Å²) >= 11 is 6.25. The lowest BCUT2D eigenvalue weighted by Crippen LogP contribution is -2.40. The van der Waals surface area contributed by atoms with Crippen LogP contribution < -0.4 is 5.32 Å². The van der Waals surface area contributed by atoms with Gasteiger partial charge in [-0.05, 0) is 48.1 Å². The third-order valence-electron chi connectivity index (χ3n) is 4.96. The molecule has 2 aromatic rings. The van der Waals surface area contributed by atoms with Gasteiger partial charge in [-0.2, -0.15) is 0 Å². The highest BCUT2D eigenvalue weighted by atomic mass is 35.5. The highest BCUT2D eigenvalue weighted by molar-refractivity contribution is 6.31. The summed E-state index contributed by atoms with van der Waals surface area (Å²) in [6, 6.07) is 11.8. The van der Waals surface area contributed by atoms with Gasteiger partial charge >= 0.3 is 6.03 Å². The first-order chi connectivity index (χ1) is 12.3. The number of likely N-dealkylation sites (tertiary alicyclic amines) is 1. The summed E-state index contributed by atoms with van der Waals surface area (Å²) in [5.74, 6) is 0.318. The summed E-state index contributed by atoms with van der Waals surface area (Å²) in [7, 11) is 0. The zero-order chi connectivity index (χ0) is 18.7. The fourth-order valence-electron chi connectivity index (χ4n) is 3.31. The van der Waals surface area contributed by atoms with Gasteiger partial charge in [0.15, 0.2) is 0 Å². The second-order valence-electron chi connectivity index (χ2n) is 7.89. The maximum Gasteiger partial charge on any atom is 0.321 e. The van der Waals surface area contributed by atoms with Crippen molar-refractivity contribution < 1.29 is 4.79 Å². The Morgan fingerprint density at radius 1 is 1.15 bits per heavy atom. The molecular formula is C21H26ClN3O. The van der Waals surface area contributed by atoms with Crippen LogP contribution in [-0.2, 0) is 5.41 Å². The van der Waals surface area contributed by atoms with Gasteiger partial charge in [0.25, 0.3) is 0 Å². The Bertz CT molecular complexity index is 760. The fraction of sp³-hybridized carbons (Fsp3) is 0.429. The summed E-state index contributed by atoms with van der Waals surface area (Å²) in [5.41, 5.74) is 3.14. The Balaban J connectivity index is 1.56. The van der Waals surface area contributed by atoms with E-state index < -0.39 is 0 Å². The molecule has 1 aromatic heterocycles. The average molecular weight is 372 g/mol. The Labute approximate surface area is 160 Å². The lowest BCUT2D eigenvalue weighted by molar-refractivity contribution is 0.194. The van der Waals surface area contributed by atoms with E-state index in [1.54, 1.807) is 6.20 Å². The van der Waals surface area contributed by atoms with E-state index in [4.69, 9.17) is 11.6 Å². The zero-order valence-electron chi connectivity index (χ0n) is 15.6. The van der Waals surface area contributed by atoms with Crippen LogP contribution in [0.5, 0.6) is 0 Å². The van der Waals surface area contributed by atoms with Crippen LogP contribution in [0.4, 0.5) is 10.5 Å². The van der Waals surface area contributed by atoms with Crippen LogP contribution in [0.3, 0.4) is 0 Å². The molecule has 5 heteroatoms. The first kappa shape index (κ1) is 18.7. The van der Waals surface area contributed by atoms with E-state index in [0.717, 1.165) is 24.2 Å². The monoisotopic (exact) mass is 371 g/mol. The van der Waals surface area contributed by atoms with Crippen LogP contribution in [0, 0.1) is 0 Å². The van der Waals surface area contributed by atoms with Crippen LogP contribution in [0.2, 0.25) is 5.02 Å². The van der Waals surface area contributed by atoms with E-state index in [1.807, 2.05) is 29.2 Å². The summed E-state index contributed by atoms with van der Waals surface area (Å²) in [5, 5.41) is 3.72. The first-order valence-electron chi connectivity index (χ1n) is 9.11. The lowest BCUT2D eigenvalue weighted by atomic mass is 9.87. The second-order valence-corrected chi connectivity index (χ2v) is 8.30. The largest absolute Gasteiger partial charge is 0.324 e. The minimum Gasteiger partial charge on any atom is -0.324 e. The quantitative estimate of drug-likeness (QED) is 0.763. The molecule has 1 saturated heterocycles. The molecule has 3 rings (SSSR count). The Kier molecular flexibility index (Phi) is 5.52. The zero-order valence-corrected chi connectivity index (χ0v) is 16.4. The van der Waals surface area contributed by atoms with Crippen LogP contribution in [0.25, 0.3) is 0 Å². The van der Waals surface area contributed by atoms with Crippen molar-refractivity contribution in [3.8, 4) is 0 Å². The topological polar surface area (TPSA) is 45.2 Å². The molecule has 1 N–H and O–H groups in total. The molecular weight excluding hydrogens is 346 g/mol. The highest BCUT2D eigenvalue weighted by Gasteiger charge is 2.26. The number of carbonyl (C=O) groups excluding carboxylic acids is 1. The highest BCUT2D eigenvalue weighted by Crippen LogP contribution is 2.31. The molecule has 0 unspecified atom stereocenters. The second kappa shape index (κ2) is 7.67. The predicted octanol–water partition coefficient (Wildman–Crippen LogP) is 5.44. The lowest BCUT2D eigenvalue weighted by Gasteiger charge is -2.32. The maximum absolute atomic E-state index is 12.5. The molecule has 4 nitrogen and oxygen atoms in total. The summed E-state index contributed by atoms with van der Waals surface area (Å²) in [4.78, 5) is 18.8. The number of anilines is 1. The summed E-state index contributed by atoms with van der Waals surface area (Å²) in [6.07, 6.45) is 3.54. The number of rotatable bonds is 2. The van der Waals surface area contributed by atoms with Gasteiger partial charge in [0, 0.05) is 30.9 Å². The van der Waals surface area contributed by atoms with Gasteiger partial charge in [-0.25, -0.2) is 4.79 Å². The fourth-order valence-corrected chi connectivity index (χ4v) is 3.59. The number of aromatic nitrogens is 1. The number of hydrogen-bond donors (Lipinski definition) is 1. The molecule has 0 saturated carbocycles. The van der Waals surface area contributed by atoms with Gasteiger partial charge in [0.05, 0.1) is 10.7 Å². The molecule has 138 valence electrons. The third-order valence-corrected chi connectivity index (χ3v) is 5.28. The van der Waals surface area contributed by atoms with Gasteiger partial charge in [-0.3, -0.25) is 4.98 Å². The number of carbonyl (C=O) groups is 1. The smallest absolute Gasteiger partial charge is 0.321 e. The summed E-state index contributed by atoms with van der Waals surface area (Å²) < 4.78 is 0. The van der Waals surface area contributed by atoms with Crippen LogP contribution >= 0.6 is 11.6 Å². The Hall–Kier alpha value is -2.07. The minimum absolute atomic E-state index is 0.0425. The van der Waals surface area contributed by atoms with Crippen molar-refractivity contribution in [3.05, 3.63) is 58.9 Å². The third kappa shape index (κ3) is 4.36. The van der Waals surface area contributed by atoms with Crippen molar-refractivity contribution in [2.45, 2.75) is 44.9 Å². The van der Waals surface area contributed by atoms with Crippen molar-refractivity contribution in [3.63, 3.8) is 0 Å². The Morgan fingerprint density at radius 3 is 2.38 bits per heavy atom. The van der Waals surface area contributed by atoms with Crippen molar-refractivity contribution in [2.75, 3.05) is 18.4 Å². The molecule has 0 bridgehead atoms. The molecule has 1 aliphatic rings. The number of piperidine rings is 1. The number of nitrogens with zero attached hydrogens (tertiary/aromatic N) is 2. The molecule has 0 atom stereocenters. The van der Waals surface area contributed by atoms with Crippen molar-refractivity contribution >= 4 is 23.3 Å². The van der Waals surface area contributed by atoms with Crippen LogP contribution in [0.15, 0.2) is 42.6 Å². The number of benzene rings is 1. The number of nitrogens with one attached hydrogen (secondary N) is 1. The van der Waals surface area contributed by atoms with Crippen LogP contribution in [-0.4, -0.2) is 29.0 Å². The predicted molar refractivity (Wildman–Crippen MR) is 107 cm³/mol. The standard InChI is InChI=1S/C21H26ClN3O/c1-21(2,3)16-6-8-17(9-7-16)24-20(26)25-13-10-15(11-14-25)19-18(22)5-4-12-23-19/h4-9,12,15H,10-11,13-14H2,1-3H3,(H,24,26). The maximum atomic E-state index is 12.5. The molecule has 1 fully saturated rings. The number of amides is 2. The number of hydrogen-bond acceptors (Lipinski definition) is 2. The van der Waals surface area contributed by atoms with Crippen molar-refractivity contribution in [1.82, 2.24) is 9.88 Å². The van der Waals surface area contributed by atoms with E-state index in [0.29, 0.717) is 24.0 Å². The van der Waals surface area contributed by atoms with Gasteiger partial charge < -0.3 is 10.2 Å². The Morgan fingerprint density at radius 2 is 1.81 bits per heavy atom.